The molecule has 0 N–H and O–H groups in total. The molecule has 0 aliphatic rings. The highest BCUT2D eigenvalue weighted by atomic mass is 16.5. The largest absolute Gasteiger partial charge is 0.469 e. The molecule has 0 saturated heterocycles. The van der Waals surface area contributed by atoms with Crippen LogP contribution in [0.2, 0.25) is 0 Å². The molecule has 0 aromatic heterocycles. The third kappa shape index (κ3) is 12.3. The van der Waals surface area contributed by atoms with E-state index in [0.29, 0.717) is 6.42 Å². The Morgan fingerprint density at radius 2 is 0.962 bits per heavy atom. The minimum Gasteiger partial charge on any atom is -0.469 e. The van der Waals surface area contributed by atoms with E-state index in [-0.39, 0.29) is 23.8 Å². The summed E-state index contributed by atoms with van der Waals surface area (Å²) in [5.41, 5.74) is 0. The summed E-state index contributed by atoms with van der Waals surface area (Å²) >= 11 is 0. The number of hydrogen-bond acceptors (Lipinski definition) is 4. The van der Waals surface area contributed by atoms with Crippen molar-refractivity contribution in [1.82, 2.24) is 0 Å². The first-order valence-corrected chi connectivity index (χ1v) is 10.8. The number of unbranched alkanes of at least 4 members (excludes halogenated alkanes) is 9. The van der Waals surface area contributed by atoms with Crippen LogP contribution in [0.25, 0.3) is 0 Å². The molecule has 26 heavy (non-hydrogen) atoms. The number of carbonyl (C=O) groups excluding carboxylic acids is 2. The van der Waals surface area contributed by atoms with Gasteiger partial charge in [-0.1, -0.05) is 84.5 Å². The van der Waals surface area contributed by atoms with Crippen LogP contribution < -0.4 is 0 Å². The second-order valence-corrected chi connectivity index (χ2v) is 7.44. The molecule has 154 valence electrons. The van der Waals surface area contributed by atoms with Gasteiger partial charge in [0, 0.05) is 0 Å². The molecule has 4 heteroatoms. The average Bonchev–Trinajstić information content (AvgIpc) is 2.66. The zero-order valence-corrected chi connectivity index (χ0v) is 17.7. The van der Waals surface area contributed by atoms with Crippen LogP contribution >= 0.6 is 0 Å². The van der Waals surface area contributed by atoms with Gasteiger partial charge in [0.1, 0.15) is 0 Å². The van der Waals surface area contributed by atoms with Gasteiger partial charge in [0.15, 0.2) is 0 Å². The molecule has 0 aromatic rings. The zero-order chi connectivity index (χ0) is 19.6. The number of ether oxygens (including phenoxy) is 2. The summed E-state index contributed by atoms with van der Waals surface area (Å²) in [5.74, 6) is -0.743. The summed E-state index contributed by atoms with van der Waals surface area (Å²) < 4.78 is 9.97. The number of methoxy groups -OCH3 is 2. The molecule has 2 atom stereocenters. The van der Waals surface area contributed by atoms with E-state index in [2.05, 4.69) is 13.8 Å². The fourth-order valence-corrected chi connectivity index (χ4v) is 3.51. The fourth-order valence-electron chi connectivity index (χ4n) is 3.51. The maximum atomic E-state index is 12.2. The quantitative estimate of drug-likeness (QED) is 0.230. The maximum Gasteiger partial charge on any atom is 0.308 e. The first kappa shape index (κ1) is 24.9. The lowest BCUT2D eigenvalue weighted by atomic mass is 9.87. The predicted molar refractivity (Wildman–Crippen MR) is 107 cm³/mol. The predicted octanol–water partition coefficient (Wildman–Crippen LogP) is 6.07. The first-order valence-electron chi connectivity index (χ1n) is 10.8. The van der Waals surface area contributed by atoms with E-state index in [9.17, 15) is 9.59 Å². The van der Waals surface area contributed by atoms with Crippen LogP contribution in [0.1, 0.15) is 104 Å². The van der Waals surface area contributed by atoms with E-state index in [4.69, 9.17) is 9.47 Å². The molecule has 0 bridgehead atoms. The van der Waals surface area contributed by atoms with Gasteiger partial charge in [-0.15, -0.1) is 0 Å². The monoisotopic (exact) mass is 370 g/mol. The van der Waals surface area contributed by atoms with Crippen molar-refractivity contribution in [1.29, 1.82) is 0 Å². The number of carbonyl (C=O) groups is 2. The maximum absolute atomic E-state index is 12.2. The van der Waals surface area contributed by atoms with Gasteiger partial charge in [0.25, 0.3) is 0 Å². The van der Waals surface area contributed by atoms with Crippen LogP contribution in [0.4, 0.5) is 0 Å². The Kier molecular flexibility index (Phi) is 16.7. The van der Waals surface area contributed by atoms with Crippen molar-refractivity contribution in [3.05, 3.63) is 0 Å². The van der Waals surface area contributed by atoms with Crippen molar-refractivity contribution in [2.24, 2.45) is 11.8 Å². The third-order valence-corrected chi connectivity index (χ3v) is 5.20. The van der Waals surface area contributed by atoms with E-state index in [1.807, 2.05) is 0 Å². The Labute approximate surface area is 161 Å². The van der Waals surface area contributed by atoms with Gasteiger partial charge in [-0.3, -0.25) is 9.59 Å². The minimum atomic E-state index is -0.189. The van der Waals surface area contributed by atoms with Crippen molar-refractivity contribution >= 4 is 11.9 Å². The Balaban J connectivity index is 4.46. The average molecular weight is 371 g/mol. The van der Waals surface area contributed by atoms with Crippen molar-refractivity contribution in [2.75, 3.05) is 14.2 Å². The van der Waals surface area contributed by atoms with Gasteiger partial charge >= 0.3 is 11.9 Å². The third-order valence-electron chi connectivity index (χ3n) is 5.20. The molecule has 2 unspecified atom stereocenters. The Morgan fingerprint density at radius 1 is 0.615 bits per heavy atom. The molecular formula is C22H42O4. The smallest absolute Gasteiger partial charge is 0.308 e. The number of hydrogen-bond donors (Lipinski definition) is 0. The topological polar surface area (TPSA) is 52.6 Å². The summed E-state index contributed by atoms with van der Waals surface area (Å²) in [6.07, 6.45) is 15.2. The van der Waals surface area contributed by atoms with E-state index in [0.717, 1.165) is 38.5 Å². The molecule has 0 fully saturated rings. The van der Waals surface area contributed by atoms with Gasteiger partial charge in [0.05, 0.1) is 26.1 Å². The molecule has 0 aliphatic heterocycles. The van der Waals surface area contributed by atoms with Crippen LogP contribution in [0, 0.1) is 11.8 Å². The summed E-state index contributed by atoms with van der Waals surface area (Å²) in [6.45, 7) is 4.41. The number of esters is 2. The van der Waals surface area contributed by atoms with E-state index < -0.39 is 0 Å². The van der Waals surface area contributed by atoms with Crippen molar-refractivity contribution < 1.29 is 19.1 Å². The van der Waals surface area contributed by atoms with Crippen molar-refractivity contribution in [3.8, 4) is 0 Å². The zero-order valence-electron chi connectivity index (χ0n) is 17.7. The first-order chi connectivity index (χ1) is 12.6. The highest BCUT2D eigenvalue weighted by Gasteiger charge is 2.28. The molecule has 0 spiro atoms. The summed E-state index contributed by atoms with van der Waals surface area (Å²) in [7, 11) is 2.88. The van der Waals surface area contributed by atoms with Crippen LogP contribution in [-0.2, 0) is 19.1 Å². The normalized spacial score (nSPS) is 13.2. The Hall–Kier alpha value is -1.06. The van der Waals surface area contributed by atoms with E-state index in [1.165, 1.54) is 59.2 Å². The van der Waals surface area contributed by atoms with Gasteiger partial charge < -0.3 is 9.47 Å². The van der Waals surface area contributed by atoms with Crippen LogP contribution in [-0.4, -0.2) is 26.2 Å². The highest BCUT2D eigenvalue weighted by molar-refractivity contribution is 5.75. The fraction of sp³-hybridized carbons (Fsp3) is 0.909. The number of rotatable bonds is 17. The molecule has 0 saturated carbocycles. The molecule has 0 aromatic carbocycles. The molecule has 0 radical (unpaired) electrons. The van der Waals surface area contributed by atoms with Crippen LogP contribution in [0.3, 0.4) is 0 Å². The second kappa shape index (κ2) is 17.4. The van der Waals surface area contributed by atoms with Crippen molar-refractivity contribution in [2.45, 2.75) is 104 Å². The lowest BCUT2D eigenvalue weighted by Gasteiger charge is -2.20. The van der Waals surface area contributed by atoms with Gasteiger partial charge in [0.2, 0.25) is 0 Å². The Bertz CT molecular complexity index is 354. The second-order valence-electron chi connectivity index (χ2n) is 7.44. The van der Waals surface area contributed by atoms with E-state index in [1.54, 1.807) is 0 Å². The molecule has 4 nitrogen and oxygen atoms in total. The summed E-state index contributed by atoms with van der Waals surface area (Å²) in [5, 5.41) is 0. The van der Waals surface area contributed by atoms with E-state index >= 15 is 0 Å². The van der Waals surface area contributed by atoms with Gasteiger partial charge in [-0.2, -0.15) is 0 Å². The van der Waals surface area contributed by atoms with Crippen molar-refractivity contribution in [3.63, 3.8) is 0 Å². The minimum absolute atomic E-state index is 0.182. The molecule has 0 aliphatic carbocycles. The van der Waals surface area contributed by atoms with Crippen LogP contribution in [0.15, 0.2) is 0 Å². The SMILES string of the molecule is CCCCCCCCC(CC(CCCCCCC)C(=O)OC)C(=O)OC. The van der Waals surface area contributed by atoms with Gasteiger partial charge in [-0.05, 0) is 19.3 Å². The molecule has 0 amide bonds. The summed E-state index contributed by atoms with van der Waals surface area (Å²) in [6, 6.07) is 0. The lowest BCUT2D eigenvalue weighted by molar-refractivity contribution is -0.150. The summed E-state index contributed by atoms with van der Waals surface area (Å²) in [4.78, 5) is 24.3. The molecular weight excluding hydrogens is 328 g/mol. The highest BCUT2D eigenvalue weighted by Crippen LogP contribution is 2.26. The lowest BCUT2D eigenvalue weighted by Crippen LogP contribution is -2.25. The van der Waals surface area contributed by atoms with Crippen LogP contribution in [0.5, 0.6) is 0 Å². The standard InChI is InChI=1S/C22H42O4/c1-5-7-9-11-13-15-17-20(22(24)26-4)18-19(21(23)25-3)16-14-12-10-8-6-2/h19-20H,5-18H2,1-4H3. The molecule has 0 rings (SSSR count). The Morgan fingerprint density at radius 3 is 1.31 bits per heavy atom. The van der Waals surface area contributed by atoms with Gasteiger partial charge in [-0.25, -0.2) is 0 Å². The molecule has 0 heterocycles.